The van der Waals surface area contributed by atoms with Gasteiger partial charge in [-0.3, -0.25) is 9.36 Å². The van der Waals surface area contributed by atoms with Crippen molar-refractivity contribution < 1.29 is 13.9 Å². The fraction of sp³-hybridized carbons (Fsp3) is 0.263. The zero-order chi connectivity index (χ0) is 19.4. The van der Waals surface area contributed by atoms with Gasteiger partial charge in [-0.05, 0) is 35.9 Å². The zero-order valence-electron chi connectivity index (χ0n) is 14.9. The summed E-state index contributed by atoms with van der Waals surface area (Å²) in [6, 6.07) is 9.78. The van der Waals surface area contributed by atoms with Crippen LogP contribution in [0.15, 0.2) is 46.3 Å². The molecule has 5 nitrogen and oxygen atoms in total. The van der Waals surface area contributed by atoms with E-state index in [9.17, 15) is 9.18 Å². The van der Waals surface area contributed by atoms with Gasteiger partial charge < -0.3 is 9.47 Å². The van der Waals surface area contributed by atoms with Crippen molar-refractivity contribution in [3.8, 4) is 5.75 Å². The molecule has 0 saturated carbocycles. The van der Waals surface area contributed by atoms with Crippen LogP contribution in [0.1, 0.15) is 5.56 Å². The van der Waals surface area contributed by atoms with Gasteiger partial charge in [0.25, 0.3) is 5.56 Å². The zero-order valence-corrected chi connectivity index (χ0v) is 16.4. The van der Waals surface area contributed by atoms with Crippen LogP contribution in [-0.2, 0) is 17.0 Å². The van der Waals surface area contributed by atoms with Gasteiger partial charge in [-0.2, -0.15) is 0 Å². The Labute approximate surface area is 165 Å². The van der Waals surface area contributed by atoms with Crippen LogP contribution in [0.3, 0.4) is 0 Å². The van der Waals surface area contributed by atoms with E-state index in [1.165, 1.54) is 24.9 Å². The first-order chi connectivity index (χ1) is 13.0. The normalized spacial score (nSPS) is 11.1. The van der Waals surface area contributed by atoms with Crippen molar-refractivity contribution >= 4 is 34.3 Å². The van der Waals surface area contributed by atoms with E-state index in [4.69, 9.17) is 21.1 Å². The van der Waals surface area contributed by atoms with Crippen molar-refractivity contribution in [2.45, 2.75) is 17.5 Å². The summed E-state index contributed by atoms with van der Waals surface area (Å²) in [7, 11) is 3.00. The van der Waals surface area contributed by atoms with Crippen LogP contribution in [0.2, 0.25) is 5.02 Å². The van der Waals surface area contributed by atoms with Gasteiger partial charge in [0.15, 0.2) is 16.7 Å². The van der Waals surface area contributed by atoms with Crippen LogP contribution < -0.4 is 10.3 Å². The number of rotatable bonds is 7. The molecule has 0 atom stereocenters. The quantitative estimate of drug-likeness (QED) is 0.434. The fourth-order valence-corrected chi connectivity index (χ4v) is 3.75. The second-order valence-corrected chi connectivity index (χ2v) is 7.14. The van der Waals surface area contributed by atoms with E-state index in [2.05, 4.69) is 4.98 Å². The Morgan fingerprint density at radius 1 is 1.22 bits per heavy atom. The average molecular weight is 409 g/mol. The van der Waals surface area contributed by atoms with Gasteiger partial charge in [0.2, 0.25) is 0 Å². The topological polar surface area (TPSA) is 53.4 Å². The number of methoxy groups -OCH3 is 2. The number of thioether (sulfide) groups is 1. The summed E-state index contributed by atoms with van der Waals surface area (Å²) < 4.78 is 25.5. The molecule has 2 aromatic carbocycles. The number of halogens is 2. The Morgan fingerprint density at radius 2 is 2.04 bits per heavy atom. The number of nitrogens with zero attached hydrogens (tertiary/aromatic N) is 2. The number of fused-ring (bicyclic) bond motifs is 1. The molecule has 0 aliphatic rings. The van der Waals surface area contributed by atoms with Gasteiger partial charge in [0.1, 0.15) is 0 Å². The van der Waals surface area contributed by atoms with Crippen molar-refractivity contribution in [1.29, 1.82) is 0 Å². The molecule has 1 heterocycles. The Kier molecular flexibility index (Phi) is 6.36. The summed E-state index contributed by atoms with van der Waals surface area (Å²) in [4.78, 5) is 17.4. The Morgan fingerprint density at radius 3 is 2.74 bits per heavy atom. The lowest BCUT2D eigenvalue weighted by Crippen LogP contribution is -2.25. The molecule has 0 bridgehead atoms. The number of hydrogen-bond acceptors (Lipinski definition) is 5. The molecule has 27 heavy (non-hydrogen) atoms. The minimum atomic E-state index is -0.425. The molecule has 0 unspecified atom stereocenters. The molecule has 0 radical (unpaired) electrons. The van der Waals surface area contributed by atoms with Crippen LogP contribution >= 0.6 is 23.4 Å². The van der Waals surface area contributed by atoms with E-state index >= 15 is 0 Å². The fourth-order valence-electron chi connectivity index (χ4n) is 2.61. The summed E-state index contributed by atoms with van der Waals surface area (Å²) in [6.45, 7) is 0.756. The van der Waals surface area contributed by atoms with Gasteiger partial charge in [-0.25, -0.2) is 9.37 Å². The maximum Gasteiger partial charge on any atom is 0.262 e. The first-order valence-electron chi connectivity index (χ1n) is 8.17. The standard InChI is InChI=1S/C19H18ClFN2O3S/c1-25-8-7-23-18(24)14-5-4-13(20)10-16(14)22-19(23)27-11-12-3-6-17(26-2)15(21)9-12/h3-6,9-10H,7-8,11H2,1-2H3. The van der Waals surface area contributed by atoms with Crippen LogP contribution in [0.4, 0.5) is 4.39 Å². The summed E-state index contributed by atoms with van der Waals surface area (Å²) in [5, 5.41) is 1.54. The molecule has 8 heteroatoms. The smallest absolute Gasteiger partial charge is 0.262 e. The lowest BCUT2D eigenvalue weighted by Gasteiger charge is -2.13. The molecule has 0 fully saturated rings. The molecule has 0 amide bonds. The Bertz CT molecular complexity index is 1030. The molecule has 0 aliphatic carbocycles. The summed E-state index contributed by atoms with van der Waals surface area (Å²) >= 11 is 7.39. The summed E-state index contributed by atoms with van der Waals surface area (Å²) in [5.41, 5.74) is 1.14. The minimum Gasteiger partial charge on any atom is -0.494 e. The third-order valence-electron chi connectivity index (χ3n) is 3.99. The third kappa shape index (κ3) is 4.43. The number of hydrogen-bond donors (Lipinski definition) is 0. The molecular formula is C19H18ClFN2O3S. The van der Waals surface area contributed by atoms with Crippen LogP contribution in [0.25, 0.3) is 10.9 Å². The molecular weight excluding hydrogens is 391 g/mol. The van der Waals surface area contributed by atoms with Gasteiger partial charge >= 0.3 is 0 Å². The van der Waals surface area contributed by atoms with Crippen LogP contribution in [-0.4, -0.2) is 30.4 Å². The van der Waals surface area contributed by atoms with E-state index in [1.807, 2.05) is 0 Å². The van der Waals surface area contributed by atoms with Crippen molar-refractivity contribution in [2.75, 3.05) is 20.8 Å². The summed E-state index contributed by atoms with van der Waals surface area (Å²) in [5.74, 6) is 0.219. The highest BCUT2D eigenvalue weighted by atomic mass is 35.5. The molecule has 0 aliphatic heterocycles. The maximum absolute atomic E-state index is 13.9. The Balaban J connectivity index is 1.96. The van der Waals surface area contributed by atoms with E-state index in [0.29, 0.717) is 40.0 Å². The van der Waals surface area contributed by atoms with Crippen molar-refractivity contribution in [1.82, 2.24) is 9.55 Å². The molecule has 0 spiro atoms. The number of ether oxygens (including phenoxy) is 2. The van der Waals surface area contributed by atoms with Gasteiger partial charge in [-0.1, -0.05) is 29.4 Å². The predicted octanol–water partition coefficient (Wildman–Crippen LogP) is 4.14. The average Bonchev–Trinajstić information content (AvgIpc) is 2.65. The molecule has 0 saturated heterocycles. The lowest BCUT2D eigenvalue weighted by atomic mass is 10.2. The SMILES string of the molecule is COCCn1c(SCc2ccc(OC)c(F)c2)nc2cc(Cl)ccc2c1=O. The molecule has 0 N–H and O–H groups in total. The highest BCUT2D eigenvalue weighted by Crippen LogP contribution is 2.26. The van der Waals surface area contributed by atoms with Crippen LogP contribution in [0.5, 0.6) is 5.75 Å². The van der Waals surface area contributed by atoms with Crippen molar-refractivity contribution in [3.63, 3.8) is 0 Å². The van der Waals surface area contributed by atoms with Crippen molar-refractivity contribution in [2.24, 2.45) is 0 Å². The molecule has 1 aromatic heterocycles. The highest BCUT2D eigenvalue weighted by molar-refractivity contribution is 7.98. The van der Waals surface area contributed by atoms with E-state index in [-0.39, 0.29) is 11.3 Å². The maximum atomic E-state index is 13.9. The third-order valence-corrected chi connectivity index (χ3v) is 5.27. The second-order valence-electron chi connectivity index (χ2n) is 5.76. The Hall–Kier alpha value is -2.09. The molecule has 3 aromatic rings. The van der Waals surface area contributed by atoms with Crippen LogP contribution in [0, 0.1) is 5.82 Å². The summed E-state index contributed by atoms with van der Waals surface area (Å²) in [6.07, 6.45) is 0. The molecule has 142 valence electrons. The highest BCUT2D eigenvalue weighted by Gasteiger charge is 2.13. The largest absolute Gasteiger partial charge is 0.494 e. The van der Waals surface area contributed by atoms with Gasteiger partial charge in [0.05, 0.1) is 31.2 Å². The van der Waals surface area contributed by atoms with Crippen molar-refractivity contribution in [3.05, 3.63) is 63.2 Å². The van der Waals surface area contributed by atoms with E-state index in [0.717, 1.165) is 5.56 Å². The predicted molar refractivity (Wildman–Crippen MR) is 105 cm³/mol. The number of benzene rings is 2. The minimum absolute atomic E-state index is 0.155. The number of aromatic nitrogens is 2. The second kappa shape index (κ2) is 8.73. The first-order valence-corrected chi connectivity index (χ1v) is 9.54. The van der Waals surface area contributed by atoms with Gasteiger partial charge in [0, 0.05) is 17.9 Å². The van der Waals surface area contributed by atoms with E-state index in [1.54, 1.807) is 42.0 Å². The monoisotopic (exact) mass is 408 g/mol. The molecule has 3 rings (SSSR count). The van der Waals surface area contributed by atoms with Gasteiger partial charge in [-0.15, -0.1) is 0 Å². The first kappa shape index (κ1) is 19.7. The lowest BCUT2D eigenvalue weighted by molar-refractivity contribution is 0.183. The van der Waals surface area contributed by atoms with E-state index < -0.39 is 5.82 Å².